The molecular formula is C7H14N2O4. The van der Waals surface area contributed by atoms with E-state index in [-0.39, 0.29) is 12.8 Å². The van der Waals surface area contributed by atoms with Crippen LogP contribution in [0, 0.1) is 0 Å². The molecule has 0 aliphatic heterocycles. The fraction of sp³-hybridized carbons (Fsp3) is 0.714. The van der Waals surface area contributed by atoms with Gasteiger partial charge in [-0.1, -0.05) is 0 Å². The van der Waals surface area contributed by atoms with E-state index in [1.165, 1.54) is 0 Å². The molecule has 0 heterocycles. The van der Waals surface area contributed by atoms with Gasteiger partial charge in [-0.3, -0.25) is 9.59 Å². The van der Waals surface area contributed by atoms with E-state index in [4.69, 9.17) is 21.7 Å². The molecule has 76 valence electrons. The van der Waals surface area contributed by atoms with Crippen LogP contribution in [0.15, 0.2) is 0 Å². The molecule has 0 spiro atoms. The Morgan fingerprint density at radius 1 is 1.00 bits per heavy atom. The molecule has 6 heteroatoms. The summed E-state index contributed by atoms with van der Waals surface area (Å²) in [6.07, 6.45) is 0.896. The van der Waals surface area contributed by atoms with Crippen molar-refractivity contribution in [2.75, 3.05) is 0 Å². The Morgan fingerprint density at radius 3 is 1.54 bits per heavy atom. The second kappa shape index (κ2) is 5.50. The number of carbonyl (C=O) groups is 2. The molecule has 0 bridgehead atoms. The SMILES string of the molecule is N[13C@@H]([13CH2][13CH2][13CH2][13C@H](N)[13C](=O)O)[13C](=O)O. The largest absolute Gasteiger partial charge is 0.480 e. The fourth-order valence-electron chi connectivity index (χ4n) is 0.805. The first kappa shape index (κ1) is 11.9. The van der Waals surface area contributed by atoms with Gasteiger partial charge in [0.05, 0.1) is 0 Å². The average molecular weight is 197 g/mol. The average Bonchev–Trinajstić information content (AvgIpc) is 2.03. The molecule has 0 aliphatic rings. The quantitative estimate of drug-likeness (QED) is 0.403. The zero-order valence-electron chi connectivity index (χ0n) is 7.14. The highest BCUT2D eigenvalue weighted by molar-refractivity contribution is 5.73. The van der Waals surface area contributed by atoms with Crippen molar-refractivity contribution in [3.8, 4) is 0 Å². The molecule has 0 aromatic heterocycles. The third kappa shape index (κ3) is 5.15. The van der Waals surface area contributed by atoms with Crippen LogP contribution in [0.5, 0.6) is 0 Å². The summed E-state index contributed by atoms with van der Waals surface area (Å²) in [5, 5.41) is 16.8. The zero-order valence-corrected chi connectivity index (χ0v) is 7.14. The third-order valence-corrected chi connectivity index (χ3v) is 1.66. The molecule has 0 aromatic carbocycles. The molecule has 0 radical (unpaired) electrons. The van der Waals surface area contributed by atoms with Gasteiger partial charge >= 0.3 is 11.9 Å². The van der Waals surface area contributed by atoms with Gasteiger partial charge in [0.1, 0.15) is 12.1 Å². The van der Waals surface area contributed by atoms with Gasteiger partial charge in [0, 0.05) is 0 Å². The van der Waals surface area contributed by atoms with E-state index in [9.17, 15) is 9.59 Å². The van der Waals surface area contributed by atoms with E-state index in [0.29, 0.717) is 6.42 Å². The van der Waals surface area contributed by atoms with Gasteiger partial charge in [-0.2, -0.15) is 0 Å². The fourth-order valence-corrected chi connectivity index (χ4v) is 0.805. The molecule has 0 fully saturated rings. The highest BCUT2D eigenvalue weighted by Crippen LogP contribution is 2.01. The number of rotatable bonds is 6. The van der Waals surface area contributed by atoms with Gasteiger partial charge in [-0.05, 0) is 19.3 Å². The molecule has 0 unspecified atom stereocenters. The zero-order chi connectivity index (χ0) is 10.4. The maximum Gasteiger partial charge on any atom is 0.320 e. The predicted octanol–water partition coefficient (Wildman–Crippen LogP) is -1.02. The Hall–Kier alpha value is -1.14. The number of carboxylic acids is 2. The topological polar surface area (TPSA) is 127 Å². The Kier molecular flexibility index (Phi) is 5.01. The van der Waals surface area contributed by atoms with Gasteiger partial charge in [-0.15, -0.1) is 0 Å². The van der Waals surface area contributed by atoms with Gasteiger partial charge in [-0.25, -0.2) is 0 Å². The Morgan fingerprint density at radius 2 is 1.31 bits per heavy atom. The van der Waals surface area contributed by atoms with Crippen LogP contribution in [-0.2, 0) is 9.59 Å². The Labute approximate surface area is 75.5 Å². The summed E-state index contributed by atoms with van der Waals surface area (Å²) in [5.74, 6) is -2.16. The van der Waals surface area contributed by atoms with Crippen LogP contribution < -0.4 is 11.5 Å². The van der Waals surface area contributed by atoms with Crippen molar-refractivity contribution in [2.45, 2.75) is 31.3 Å². The van der Waals surface area contributed by atoms with Gasteiger partial charge in [0.2, 0.25) is 0 Å². The summed E-state index contributed by atoms with van der Waals surface area (Å²) in [4.78, 5) is 20.5. The lowest BCUT2D eigenvalue weighted by atomic mass is 11.0. The maximum atomic E-state index is 10.2. The van der Waals surface area contributed by atoms with Crippen molar-refractivity contribution in [2.24, 2.45) is 11.5 Å². The van der Waals surface area contributed by atoms with Crippen LogP contribution in [0.25, 0.3) is 0 Å². The summed E-state index contributed by atoms with van der Waals surface area (Å²) >= 11 is 0. The number of hydrogen-bond donors (Lipinski definition) is 4. The Balaban J connectivity index is 3.56. The standard InChI is InChI=1S/C7H14N2O4/c8-4(6(10)11)2-1-3-5(9)7(12)13/h4-5H,1-3,8-9H2,(H,10,11)(H,12,13)/t4-,5-/m0/s1/i1+1,2+1,3+1,4+1,5+1,6+1,7+1. The monoisotopic (exact) mass is 197 g/mol. The first-order valence-corrected chi connectivity index (χ1v) is 3.92. The smallest absolute Gasteiger partial charge is 0.320 e. The summed E-state index contributed by atoms with van der Waals surface area (Å²) in [6, 6.07) is -1.86. The van der Waals surface area contributed by atoms with Crippen LogP contribution >= 0.6 is 0 Å². The first-order chi connectivity index (χ1) is 5.95. The summed E-state index contributed by atoms with van der Waals surface area (Å²) in [6.45, 7) is 0. The molecule has 13 heavy (non-hydrogen) atoms. The van der Waals surface area contributed by atoms with Gasteiger partial charge < -0.3 is 21.7 Å². The molecule has 2 atom stereocenters. The van der Waals surface area contributed by atoms with Crippen LogP contribution in [-0.4, -0.2) is 34.2 Å². The summed E-state index contributed by atoms with van der Waals surface area (Å²) < 4.78 is 0. The number of carboxylic acid groups (broad SMARTS) is 2. The van der Waals surface area contributed by atoms with E-state index in [1.807, 2.05) is 0 Å². The van der Waals surface area contributed by atoms with E-state index in [2.05, 4.69) is 0 Å². The van der Waals surface area contributed by atoms with E-state index in [0.717, 1.165) is 0 Å². The minimum atomic E-state index is -1.08. The van der Waals surface area contributed by atoms with E-state index < -0.39 is 24.0 Å². The summed E-state index contributed by atoms with van der Waals surface area (Å²) in [5.41, 5.74) is 10.4. The lowest BCUT2D eigenvalue weighted by Crippen LogP contribution is -2.33. The van der Waals surface area contributed by atoms with Crippen LogP contribution in [0.4, 0.5) is 0 Å². The van der Waals surface area contributed by atoms with E-state index >= 15 is 0 Å². The molecule has 0 aliphatic carbocycles. The van der Waals surface area contributed by atoms with E-state index in [1.54, 1.807) is 0 Å². The molecule has 0 saturated carbocycles. The number of aliphatic carboxylic acids is 2. The molecule has 0 amide bonds. The number of nitrogens with two attached hydrogens (primary N) is 2. The predicted molar refractivity (Wildman–Crippen MR) is 45.1 cm³/mol. The lowest BCUT2D eigenvalue weighted by Gasteiger charge is -2.07. The third-order valence-electron chi connectivity index (χ3n) is 1.66. The van der Waals surface area contributed by atoms with Gasteiger partial charge in [0.25, 0.3) is 0 Å². The van der Waals surface area contributed by atoms with Crippen molar-refractivity contribution >= 4 is 11.9 Å². The minimum Gasteiger partial charge on any atom is -0.480 e. The molecular weight excluding hydrogens is 183 g/mol. The van der Waals surface area contributed by atoms with Crippen molar-refractivity contribution in [1.82, 2.24) is 0 Å². The van der Waals surface area contributed by atoms with Crippen LogP contribution in [0.3, 0.4) is 0 Å². The maximum absolute atomic E-state index is 10.2. The van der Waals surface area contributed by atoms with Crippen molar-refractivity contribution < 1.29 is 19.8 Å². The highest BCUT2D eigenvalue weighted by Gasteiger charge is 2.14. The lowest BCUT2D eigenvalue weighted by molar-refractivity contribution is -0.139. The van der Waals surface area contributed by atoms with Gasteiger partial charge in [0.15, 0.2) is 0 Å². The second-order valence-electron chi connectivity index (χ2n) is 2.82. The molecule has 6 nitrogen and oxygen atoms in total. The van der Waals surface area contributed by atoms with Crippen molar-refractivity contribution in [1.29, 1.82) is 0 Å². The Bertz CT molecular complexity index is 175. The molecule has 0 saturated heterocycles. The van der Waals surface area contributed by atoms with Crippen molar-refractivity contribution in [3.05, 3.63) is 0 Å². The van der Waals surface area contributed by atoms with Crippen molar-refractivity contribution in [3.63, 3.8) is 0 Å². The normalized spacial score (nSPS) is 14.9. The van der Waals surface area contributed by atoms with Crippen LogP contribution in [0.2, 0.25) is 0 Å². The second-order valence-corrected chi connectivity index (χ2v) is 2.82. The molecule has 0 rings (SSSR count). The molecule has 0 aromatic rings. The minimum absolute atomic E-state index is 0.246. The molecule has 6 N–H and O–H groups in total. The highest BCUT2D eigenvalue weighted by atomic mass is 16.5. The number of hydrogen-bond acceptors (Lipinski definition) is 4. The summed E-state index contributed by atoms with van der Waals surface area (Å²) in [7, 11) is 0. The van der Waals surface area contributed by atoms with Crippen LogP contribution in [0.1, 0.15) is 19.3 Å². The first-order valence-electron chi connectivity index (χ1n) is 3.92.